The fourth-order valence-corrected chi connectivity index (χ4v) is 2.07. The molecule has 0 spiro atoms. The molecule has 0 amide bonds. The Morgan fingerprint density at radius 2 is 2.00 bits per heavy atom. The predicted molar refractivity (Wildman–Crippen MR) is 63.0 cm³/mol. The minimum absolute atomic E-state index is 0.280. The third-order valence-corrected chi connectivity index (χ3v) is 3.17. The molecule has 0 saturated carbocycles. The molecule has 0 atom stereocenters. The number of nitrogens with one attached hydrogen (secondary N) is 1. The van der Waals surface area contributed by atoms with E-state index in [0.29, 0.717) is 18.5 Å². The Morgan fingerprint density at radius 3 is 2.47 bits per heavy atom. The number of carbonyl (C=O) groups is 1. The van der Waals surface area contributed by atoms with Gasteiger partial charge in [-0.25, -0.2) is 0 Å². The van der Waals surface area contributed by atoms with Crippen LogP contribution in [0.3, 0.4) is 0 Å². The van der Waals surface area contributed by atoms with Gasteiger partial charge in [-0.2, -0.15) is 0 Å². The molecule has 1 aliphatic heterocycles. The van der Waals surface area contributed by atoms with Gasteiger partial charge in [0.05, 0.1) is 0 Å². The van der Waals surface area contributed by atoms with Gasteiger partial charge in [-0.05, 0) is 46.7 Å². The second-order valence-electron chi connectivity index (χ2n) is 4.81. The summed E-state index contributed by atoms with van der Waals surface area (Å²) in [5.74, 6) is 0.280. The topological polar surface area (TPSA) is 32.3 Å². The van der Waals surface area contributed by atoms with Crippen LogP contribution >= 0.6 is 0 Å². The maximum Gasteiger partial charge on any atom is 0.131 e. The standard InChI is InChI=1S/C12H24N2O/c1-10(2)14-8-5-12(6-9-14)13-7-4-11(3)15/h10,12-13H,4-9H2,1-3H3. The summed E-state index contributed by atoms with van der Waals surface area (Å²) in [4.78, 5) is 13.3. The van der Waals surface area contributed by atoms with Crippen molar-refractivity contribution in [3.05, 3.63) is 0 Å². The quantitative estimate of drug-likeness (QED) is 0.748. The van der Waals surface area contributed by atoms with Gasteiger partial charge >= 0.3 is 0 Å². The van der Waals surface area contributed by atoms with Gasteiger partial charge in [-0.1, -0.05) is 0 Å². The van der Waals surface area contributed by atoms with Crippen LogP contribution in [0, 0.1) is 0 Å². The van der Waals surface area contributed by atoms with Crippen molar-refractivity contribution in [2.75, 3.05) is 19.6 Å². The molecule has 88 valence electrons. The van der Waals surface area contributed by atoms with Crippen LogP contribution in [-0.4, -0.2) is 42.4 Å². The van der Waals surface area contributed by atoms with Gasteiger partial charge in [0.2, 0.25) is 0 Å². The van der Waals surface area contributed by atoms with Gasteiger partial charge in [0.15, 0.2) is 0 Å². The van der Waals surface area contributed by atoms with Crippen molar-refractivity contribution in [2.24, 2.45) is 0 Å². The molecule has 0 bridgehead atoms. The number of hydrogen-bond acceptors (Lipinski definition) is 3. The van der Waals surface area contributed by atoms with Crippen molar-refractivity contribution in [1.29, 1.82) is 0 Å². The van der Waals surface area contributed by atoms with Gasteiger partial charge in [-0.15, -0.1) is 0 Å². The molecular weight excluding hydrogens is 188 g/mol. The maximum absolute atomic E-state index is 10.8. The highest BCUT2D eigenvalue weighted by atomic mass is 16.1. The van der Waals surface area contributed by atoms with E-state index in [1.807, 2.05) is 0 Å². The smallest absolute Gasteiger partial charge is 0.131 e. The Kier molecular flexibility index (Phi) is 5.26. The van der Waals surface area contributed by atoms with E-state index in [4.69, 9.17) is 0 Å². The summed E-state index contributed by atoms with van der Waals surface area (Å²) < 4.78 is 0. The molecule has 15 heavy (non-hydrogen) atoms. The average Bonchev–Trinajstić information content (AvgIpc) is 2.18. The number of Topliss-reactive ketones (excluding diaryl/α,β-unsaturated/α-hetero) is 1. The summed E-state index contributed by atoms with van der Waals surface area (Å²) in [6.07, 6.45) is 3.11. The molecule has 0 aliphatic carbocycles. The predicted octanol–water partition coefficient (Wildman–Crippen LogP) is 1.43. The summed E-state index contributed by atoms with van der Waals surface area (Å²) >= 11 is 0. The molecule has 3 nitrogen and oxygen atoms in total. The Hall–Kier alpha value is -0.410. The van der Waals surface area contributed by atoms with Gasteiger partial charge in [0.25, 0.3) is 0 Å². The van der Waals surface area contributed by atoms with E-state index >= 15 is 0 Å². The molecule has 1 saturated heterocycles. The number of hydrogen-bond donors (Lipinski definition) is 1. The first-order valence-corrected chi connectivity index (χ1v) is 6.06. The highest BCUT2D eigenvalue weighted by Gasteiger charge is 2.19. The largest absolute Gasteiger partial charge is 0.313 e. The molecule has 0 radical (unpaired) electrons. The van der Waals surface area contributed by atoms with Crippen molar-refractivity contribution in [1.82, 2.24) is 10.2 Å². The molecule has 1 fully saturated rings. The van der Waals surface area contributed by atoms with Crippen LogP contribution in [0.15, 0.2) is 0 Å². The zero-order valence-corrected chi connectivity index (χ0v) is 10.3. The minimum atomic E-state index is 0.280. The van der Waals surface area contributed by atoms with E-state index in [-0.39, 0.29) is 5.78 Å². The van der Waals surface area contributed by atoms with Crippen LogP contribution in [0.4, 0.5) is 0 Å². The third-order valence-electron chi connectivity index (χ3n) is 3.17. The van der Waals surface area contributed by atoms with Crippen LogP contribution in [0.25, 0.3) is 0 Å². The van der Waals surface area contributed by atoms with E-state index in [1.54, 1.807) is 6.92 Å². The Labute approximate surface area is 93.2 Å². The lowest BCUT2D eigenvalue weighted by molar-refractivity contribution is -0.116. The molecule has 0 unspecified atom stereocenters. The number of piperidine rings is 1. The summed E-state index contributed by atoms with van der Waals surface area (Å²) in [5.41, 5.74) is 0. The molecule has 1 rings (SSSR count). The summed E-state index contributed by atoms with van der Waals surface area (Å²) in [7, 11) is 0. The van der Waals surface area contributed by atoms with Gasteiger partial charge in [0.1, 0.15) is 5.78 Å². The molecular formula is C12H24N2O. The molecule has 1 heterocycles. The van der Waals surface area contributed by atoms with E-state index in [0.717, 1.165) is 6.54 Å². The molecule has 0 aromatic heterocycles. The monoisotopic (exact) mass is 212 g/mol. The van der Waals surface area contributed by atoms with Crippen LogP contribution in [0.1, 0.15) is 40.0 Å². The van der Waals surface area contributed by atoms with Crippen molar-refractivity contribution < 1.29 is 4.79 Å². The minimum Gasteiger partial charge on any atom is -0.313 e. The van der Waals surface area contributed by atoms with Crippen LogP contribution in [0.2, 0.25) is 0 Å². The van der Waals surface area contributed by atoms with Gasteiger partial charge in [-0.3, -0.25) is 4.79 Å². The summed E-state index contributed by atoms with van der Waals surface area (Å²) in [5, 5.41) is 3.46. The Morgan fingerprint density at radius 1 is 1.40 bits per heavy atom. The second-order valence-corrected chi connectivity index (χ2v) is 4.81. The SMILES string of the molecule is CC(=O)CCNC1CCN(C(C)C)CC1. The molecule has 1 N–H and O–H groups in total. The number of carbonyl (C=O) groups excluding carboxylic acids is 1. The molecule has 1 aliphatic rings. The lowest BCUT2D eigenvalue weighted by Crippen LogP contribution is -2.45. The molecule has 3 heteroatoms. The zero-order valence-electron chi connectivity index (χ0n) is 10.3. The van der Waals surface area contributed by atoms with Crippen LogP contribution < -0.4 is 5.32 Å². The first-order chi connectivity index (χ1) is 7.09. The normalized spacial score (nSPS) is 19.7. The van der Waals surface area contributed by atoms with Crippen molar-refractivity contribution in [2.45, 2.75) is 52.1 Å². The summed E-state index contributed by atoms with van der Waals surface area (Å²) in [6, 6.07) is 1.29. The first kappa shape index (κ1) is 12.7. The van der Waals surface area contributed by atoms with Crippen LogP contribution in [-0.2, 0) is 4.79 Å². The maximum atomic E-state index is 10.8. The van der Waals surface area contributed by atoms with Crippen LogP contribution in [0.5, 0.6) is 0 Å². The highest BCUT2D eigenvalue weighted by Crippen LogP contribution is 2.12. The Bertz CT molecular complexity index is 196. The van der Waals surface area contributed by atoms with E-state index in [9.17, 15) is 4.79 Å². The van der Waals surface area contributed by atoms with E-state index in [1.165, 1.54) is 25.9 Å². The van der Waals surface area contributed by atoms with Crippen molar-refractivity contribution in [3.63, 3.8) is 0 Å². The fraction of sp³-hybridized carbons (Fsp3) is 0.917. The number of likely N-dealkylation sites (tertiary alicyclic amines) is 1. The van der Waals surface area contributed by atoms with E-state index in [2.05, 4.69) is 24.1 Å². The zero-order chi connectivity index (χ0) is 11.3. The highest BCUT2D eigenvalue weighted by molar-refractivity contribution is 5.75. The lowest BCUT2D eigenvalue weighted by Gasteiger charge is -2.34. The average molecular weight is 212 g/mol. The second kappa shape index (κ2) is 6.23. The van der Waals surface area contributed by atoms with Gasteiger partial charge in [0, 0.05) is 25.0 Å². The van der Waals surface area contributed by atoms with Gasteiger partial charge < -0.3 is 10.2 Å². The molecule has 0 aromatic rings. The van der Waals surface area contributed by atoms with Crippen molar-refractivity contribution >= 4 is 5.78 Å². The number of ketones is 1. The summed E-state index contributed by atoms with van der Waals surface area (Å²) in [6.45, 7) is 9.39. The van der Waals surface area contributed by atoms with E-state index < -0.39 is 0 Å². The Balaban J connectivity index is 2.12. The fourth-order valence-electron chi connectivity index (χ4n) is 2.07. The van der Waals surface area contributed by atoms with Crippen molar-refractivity contribution in [3.8, 4) is 0 Å². The molecule has 0 aromatic carbocycles. The number of rotatable bonds is 5. The third kappa shape index (κ3) is 4.76. The first-order valence-electron chi connectivity index (χ1n) is 6.06. The number of nitrogens with zero attached hydrogens (tertiary/aromatic N) is 1. The lowest BCUT2D eigenvalue weighted by atomic mass is 10.0.